The maximum atomic E-state index is 3.90. The van der Waals surface area contributed by atoms with Gasteiger partial charge < -0.3 is 5.32 Å². The molecule has 0 fully saturated rings. The van der Waals surface area contributed by atoms with Gasteiger partial charge in [0.15, 0.2) is 0 Å². The lowest BCUT2D eigenvalue weighted by Crippen LogP contribution is -2.47. The molecule has 2 aliphatic carbocycles. The predicted molar refractivity (Wildman–Crippen MR) is 76.6 cm³/mol. The summed E-state index contributed by atoms with van der Waals surface area (Å²) in [5, 5.41) is 3.90. The molecule has 0 amide bonds. The molecule has 1 aromatic rings. The fraction of sp³-hybridized carbons (Fsp3) is 0.529. The maximum absolute atomic E-state index is 3.90. The number of fused-ring (bicyclic) bond motifs is 3. The van der Waals surface area contributed by atoms with Crippen LogP contribution in [0, 0.1) is 5.92 Å². The van der Waals surface area contributed by atoms with E-state index >= 15 is 0 Å². The molecule has 0 radical (unpaired) electrons. The summed E-state index contributed by atoms with van der Waals surface area (Å²) in [5.74, 6) is 0.761. The molecule has 0 saturated carbocycles. The Morgan fingerprint density at radius 2 is 2.17 bits per heavy atom. The maximum Gasteiger partial charge on any atom is 0.0506 e. The molecular formula is C17H23N. The predicted octanol–water partition coefficient (Wildman–Crippen LogP) is 3.79. The molecule has 0 aromatic heterocycles. The standard InChI is InChI=1S/C17H23N/c1-2-3-12-18-17-11-7-6-9-15(17)13-14-8-4-5-10-16(14)17/h4-8,10,15,18H,2-3,9,11-13H2,1H3. The van der Waals surface area contributed by atoms with Crippen LogP contribution in [0.15, 0.2) is 36.4 Å². The summed E-state index contributed by atoms with van der Waals surface area (Å²) in [7, 11) is 0. The molecule has 96 valence electrons. The smallest absolute Gasteiger partial charge is 0.0506 e. The van der Waals surface area contributed by atoms with E-state index in [9.17, 15) is 0 Å². The van der Waals surface area contributed by atoms with Crippen molar-refractivity contribution < 1.29 is 0 Å². The van der Waals surface area contributed by atoms with Crippen LogP contribution in [0.3, 0.4) is 0 Å². The first kappa shape index (κ1) is 12.0. The number of rotatable bonds is 4. The highest BCUT2D eigenvalue weighted by atomic mass is 15.0. The van der Waals surface area contributed by atoms with Crippen LogP contribution in [-0.2, 0) is 12.0 Å². The molecule has 3 rings (SSSR count). The summed E-state index contributed by atoms with van der Waals surface area (Å²) in [4.78, 5) is 0. The van der Waals surface area contributed by atoms with Crippen LogP contribution in [0.25, 0.3) is 0 Å². The number of hydrogen-bond donors (Lipinski definition) is 1. The zero-order valence-electron chi connectivity index (χ0n) is 11.3. The van der Waals surface area contributed by atoms with Gasteiger partial charge in [0.05, 0.1) is 5.54 Å². The van der Waals surface area contributed by atoms with Crippen LogP contribution in [0.4, 0.5) is 0 Å². The molecule has 1 heteroatoms. The Kier molecular flexibility index (Phi) is 3.25. The Labute approximate surface area is 110 Å². The van der Waals surface area contributed by atoms with Crippen molar-refractivity contribution in [1.29, 1.82) is 0 Å². The molecule has 0 spiro atoms. The van der Waals surface area contributed by atoms with Crippen LogP contribution in [0.1, 0.15) is 43.7 Å². The summed E-state index contributed by atoms with van der Waals surface area (Å²) in [6, 6.07) is 9.04. The van der Waals surface area contributed by atoms with Crippen molar-refractivity contribution in [3.8, 4) is 0 Å². The van der Waals surface area contributed by atoms with E-state index in [-0.39, 0.29) is 5.54 Å². The first-order chi connectivity index (χ1) is 8.87. The quantitative estimate of drug-likeness (QED) is 0.624. The van der Waals surface area contributed by atoms with Crippen molar-refractivity contribution >= 4 is 0 Å². The second-order valence-electron chi connectivity index (χ2n) is 5.72. The zero-order valence-corrected chi connectivity index (χ0v) is 11.3. The molecule has 0 bridgehead atoms. The van der Waals surface area contributed by atoms with Gasteiger partial charge in [0.25, 0.3) is 0 Å². The highest BCUT2D eigenvalue weighted by Crippen LogP contribution is 2.47. The highest BCUT2D eigenvalue weighted by Gasteiger charge is 2.45. The van der Waals surface area contributed by atoms with Gasteiger partial charge in [0, 0.05) is 0 Å². The van der Waals surface area contributed by atoms with Crippen molar-refractivity contribution in [2.75, 3.05) is 6.54 Å². The van der Waals surface area contributed by atoms with E-state index in [2.05, 4.69) is 48.7 Å². The Morgan fingerprint density at radius 1 is 1.28 bits per heavy atom. The summed E-state index contributed by atoms with van der Waals surface area (Å²) < 4.78 is 0. The SMILES string of the molecule is CCCCNC12CC=CCC1Cc1ccccc12. The molecule has 2 unspecified atom stereocenters. The molecule has 2 atom stereocenters. The minimum absolute atomic E-state index is 0.237. The first-order valence-corrected chi connectivity index (χ1v) is 7.35. The van der Waals surface area contributed by atoms with Gasteiger partial charge in [0.2, 0.25) is 0 Å². The molecule has 1 N–H and O–H groups in total. The van der Waals surface area contributed by atoms with Crippen molar-refractivity contribution in [3.63, 3.8) is 0 Å². The highest BCUT2D eigenvalue weighted by molar-refractivity contribution is 5.42. The first-order valence-electron chi connectivity index (χ1n) is 7.35. The average molecular weight is 241 g/mol. The third-order valence-electron chi connectivity index (χ3n) is 4.66. The van der Waals surface area contributed by atoms with Gasteiger partial charge in [-0.25, -0.2) is 0 Å². The molecule has 2 aliphatic rings. The zero-order chi connectivity index (χ0) is 12.4. The van der Waals surface area contributed by atoms with E-state index in [4.69, 9.17) is 0 Å². The van der Waals surface area contributed by atoms with Gasteiger partial charge in [-0.05, 0) is 49.3 Å². The molecule has 0 saturated heterocycles. The fourth-order valence-corrected chi connectivity index (χ4v) is 3.68. The number of hydrogen-bond acceptors (Lipinski definition) is 1. The second-order valence-corrected chi connectivity index (χ2v) is 5.72. The Balaban J connectivity index is 1.92. The van der Waals surface area contributed by atoms with Gasteiger partial charge in [-0.1, -0.05) is 49.8 Å². The molecule has 0 heterocycles. The van der Waals surface area contributed by atoms with E-state index in [0.29, 0.717) is 0 Å². The van der Waals surface area contributed by atoms with Crippen LogP contribution >= 0.6 is 0 Å². The Bertz CT molecular complexity index is 449. The summed E-state index contributed by atoms with van der Waals surface area (Å²) in [5.41, 5.74) is 3.37. The van der Waals surface area contributed by atoms with E-state index in [1.807, 2.05) is 0 Å². The topological polar surface area (TPSA) is 12.0 Å². The number of nitrogens with one attached hydrogen (secondary N) is 1. The Hall–Kier alpha value is -1.08. The summed E-state index contributed by atoms with van der Waals surface area (Å²) >= 11 is 0. The average Bonchev–Trinajstić information content (AvgIpc) is 2.74. The van der Waals surface area contributed by atoms with E-state index in [1.165, 1.54) is 32.1 Å². The number of allylic oxidation sites excluding steroid dienone is 1. The van der Waals surface area contributed by atoms with Crippen molar-refractivity contribution in [3.05, 3.63) is 47.5 Å². The van der Waals surface area contributed by atoms with Gasteiger partial charge in [0.1, 0.15) is 0 Å². The van der Waals surface area contributed by atoms with Gasteiger partial charge >= 0.3 is 0 Å². The lowest BCUT2D eigenvalue weighted by molar-refractivity contribution is 0.222. The van der Waals surface area contributed by atoms with Crippen LogP contribution in [-0.4, -0.2) is 6.54 Å². The second kappa shape index (κ2) is 4.89. The fourth-order valence-electron chi connectivity index (χ4n) is 3.68. The molecule has 1 nitrogen and oxygen atoms in total. The largest absolute Gasteiger partial charge is 0.307 e. The van der Waals surface area contributed by atoms with Gasteiger partial charge in [-0.3, -0.25) is 0 Å². The van der Waals surface area contributed by atoms with E-state index in [0.717, 1.165) is 12.5 Å². The van der Waals surface area contributed by atoms with Crippen LogP contribution in [0.5, 0.6) is 0 Å². The van der Waals surface area contributed by atoms with Crippen molar-refractivity contribution in [2.24, 2.45) is 5.92 Å². The molecular weight excluding hydrogens is 218 g/mol. The van der Waals surface area contributed by atoms with E-state index in [1.54, 1.807) is 11.1 Å². The third kappa shape index (κ3) is 1.81. The summed E-state index contributed by atoms with van der Waals surface area (Å²) in [6.45, 7) is 3.41. The van der Waals surface area contributed by atoms with E-state index < -0.39 is 0 Å². The van der Waals surface area contributed by atoms with Crippen molar-refractivity contribution in [2.45, 2.75) is 44.6 Å². The molecule has 18 heavy (non-hydrogen) atoms. The number of unbranched alkanes of at least 4 members (excludes halogenated alkanes) is 1. The van der Waals surface area contributed by atoms with Crippen LogP contribution < -0.4 is 5.32 Å². The summed E-state index contributed by atoms with van der Waals surface area (Å²) in [6.07, 6.45) is 10.9. The molecule has 0 aliphatic heterocycles. The Morgan fingerprint density at radius 3 is 3.06 bits per heavy atom. The van der Waals surface area contributed by atoms with Gasteiger partial charge in [-0.2, -0.15) is 0 Å². The van der Waals surface area contributed by atoms with Crippen molar-refractivity contribution in [1.82, 2.24) is 5.32 Å². The molecule has 1 aromatic carbocycles. The van der Waals surface area contributed by atoms with Gasteiger partial charge in [-0.15, -0.1) is 0 Å². The number of benzene rings is 1. The monoisotopic (exact) mass is 241 g/mol. The minimum Gasteiger partial charge on any atom is -0.307 e. The lowest BCUT2D eigenvalue weighted by Gasteiger charge is -2.39. The van der Waals surface area contributed by atoms with Crippen LogP contribution in [0.2, 0.25) is 0 Å². The third-order valence-corrected chi connectivity index (χ3v) is 4.66. The lowest BCUT2D eigenvalue weighted by atomic mass is 9.75. The normalized spacial score (nSPS) is 29.1. The minimum atomic E-state index is 0.237.